The van der Waals surface area contributed by atoms with Crippen molar-refractivity contribution in [3.05, 3.63) is 5.56 Å². The fraction of sp³-hybridized carbons (Fsp3) is 0.714. The minimum atomic E-state index is -0.385. The number of nitrogens with one attached hydrogen (secondary N) is 1. The number of nitrogens with zero attached hydrogens (tertiary/aromatic N) is 1. The van der Waals surface area contributed by atoms with E-state index < -0.39 is 0 Å². The Balaban J connectivity index is 2.07. The van der Waals surface area contributed by atoms with Crippen LogP contribution in [0.1, 0.15) is 56.3 Å². The quantitative estimate of drug-likeness (QED) is 0.816. The molecule has 1 saturated carbocycles. The molecule has 2 unspecified atom stereocenters. The first-order valence-corrected chi connectivity index (χ1v) is 8.11. The highest BCUT2D eigenvalue weighted by Gasteiger charge is 2.25. The minimum absolute atomic E-state index is 0.263. The van der Waals surface area contributed by atoms with E-state index in [0.717, 1.165) is 23.8 Å². The van der Waals surface area contributed by atoms with Crippen molar-refractivity contribution < 1.29 is 9.53 Å². The molecule has 112 valence electrons. The summed E-state index contributed by atoms with van der Waals surface area (Å²) in [6.07, 6.45) is 6.05. The van der Waals surface area contributed by atoms with E-state index in [1.807, 2.05) is 0 Å². The lowest BCUT2D eigenvalue weighted by atomic mass is 9.84. The van der Waals surface area contributed by atoms with E-state index >= 15 is 0 Å². The third kappa shape index (κ3) is 3.42. The van der Waals surface area contributed by atoms with Crippen LogP contribution in [0.3, 0.4) is 0 Å². The molecule has 1 aliphatic rings. The lowest BCUT2D eigenvalue weighted by molar-refractivity contribution is 0.0529. The molecule has 2 atom stereocenters. The van der Waals surface area contributed by atoms with E-state index in [9.17, 15) is 4.79 Å². The van der Waals surface area contributed by atoms with Crippen molar-refractivity contribution in [1.82, 2.24) is 4.37 Å². The average molecular weight is 297 g/mol. The molecule has 0 aromatic carbocycles. The van der Waals surface area contributed by atoms with Crippen LogP contribution in [-0.2, 0) is 4.74 Å². The molecule has 0 radical (unpaired) electrons. The van der Waals surface area contributed by atoms with E-state index in [4.69, 9.17) is 10.5 Å². The Morgan fingerprint density at radius 2 is 2.30 bits per heavy atom. The molecular weight excluding hydrogens is 274 g/mol. The van der Waals surface area contributed by atoms with Gasteiger partial charge in [-0.2, -0.15) is 4.37 Å². The maximum absolute atomic E-state index is 11.9. The van der Waals surface area contributed by atoms with Crippen molar-refractivity contribution in [1.29, 1.82) is 0 Å². The van der Waals surface area contributed by atoms with Crippen LogP contribution in [-0.4, -0.2) is 23.0 Å². The predicted octanol–water partition coefficient (Wildman–Crippen LogP) is 3.28. The zero-order valence-electron chi connectivity index (χ0n) is 12.1. The summed E-state index contributed by atoms with van der Waals surface area (Å²) in [4.78, 5) is 11.9. The van der Waals surface area contributed by atoms with E-state index in [1.54, 1.807) is 6.92 Å². The van der Waals surface area contributed by atoms with E-state index in [-0.39, 0.29) is 11.8 Å². The molecule has 0 saturated heterocycles. The van der Waals surface area contributed by atoms with Crippen LogP contribution in [0.25, 0.3) is 0 Å². The Kier molecular flexibility index (Phi) is 5.23. The average Bonchev–Trinajstić information content (AvgIpc) is 2.80. The van der Waals surface area contributed by atoms with Gasteiger partial charge in [-0.25, -0.2) is 4.79 Å². The van der Waals surface area contributed by atoms with Gasteiger partial charge in [-0.1, -0.05) is 26.2 Å². The molecule has 20 heavy (non-hydrogen) atoms. The summed E-state index contributed by atoms with van der Waals surface area (Å²) in [5, 5.41) is 4.20. The summed E-state index contributed by atoms with van der Waals surface area (Å²) >= 11 is 1.25. The number of esters is 1. The summed E-state index contributed by atoms with van der Waals surface area (Å²) in [5.41, 5.74) is 6.19. The minimum Gasteiger partial charge on any atom is -0.462 e. The molecule has 3 N–H and O–H groups in total. The van der Waals surface area contributed by atoms with Crippen molar-refractivity contribution >= 4 is 28.3 Å². The number of anilines is 2. The Hall–Kier alpha value is -1.30. The normalized spacial score (nSPS) is 22.5. The van der Waals surface area contributed by atoms with Crippen molar-refractivity contribution in [2.45, 2.75) is 52.0 Å². The number of carbonyl (C=O) groups is 1. The number of hydrogen-bond acceptors (Lipinski definition) is 6. The van der Waals surface area contributed by atoms with Crippen LogP contribution < -0.4 is 11.1 Å². The van der Waals surface area contributed by atoms with Gasteiger partial charge in [0.25, 0.3) is 0 Å². The Bertz CT molecular complexity index is 461. The van der Waals surface area contributed by atoms with Crippen molar-refractivity contribution in [2.75, 3.05) is 17.7 Å². The third-order valence-electron chi connectivity index (χ3n) is 3.89. The van der Waals surface area contributed by atoms with Crippen LogP contribution in [0.4, 0.5) is 10.8 Å². The van der Waals surface area contributed by atoms with Gasteiger partial charge in [0.2, 0.25) is 0 Å². The molecule has 2 rings (SSSR count). The second kappa shape index (κ2) is 6.92. The van der Waals surface area contributed by atoms with Crippen molar-refractivity contribution in [2.24, 2.45) is 5.92 Å². The monoisotopic (exact) mass is 297 g/mol. The number of rotatable bonds is 5. The Morgan fingerprint density at radius 1 is 1.50 bits per heavy atom. The van der Waals surface area contributed by atoms with Crippen molar-refractivity contribution in [3.63, 3.8) is 0 Å². The number of ether oxygens (including phenoxy) is 1. The predicted molar refractivity (Wildman–Crippen MR) is 82.1 cm³/mol. The van der Waals surface area contributed by atoms with Gasteiger partial charge in [-0.15, -0.1) is 0 Å². The highest BCUT2D eigenvalue weighted by molar-refractivity contribution is 7.11. The zero-order chi connectivity index (χ0) is 14.5. The first kappa shape index (κ1) is 15.1. The first-order valence-electron chi connectivity index (χ1n) is 7.34. The van der Waals surface area contributed by atoms with Gasteiger partial charge >= 0.3 is 5.97 Å². The summed E-state index contributed by atoms with van der Waals surface area (Å²) in [7, 11) is 0. The SMILES string of the molecule is CCOC(=O)c1c(N)nsc1NC1CCCC(CC)C1. The highest BCUT2D eigenvalue weighted by Crippen LogP contribution is 2.33. The van der Waals surface area contributed by atoms with Crippen LogP contribution in [0.2, 0.25) is 0 Å². The maximum Gasteiger partial charge on any atom is 0.344 e. The van der Waals surface area contributed by atoms with Crippen LogP contribution in [0.5, 0.6) is 0 Å². The Morgan fingerprint density at radius 3 is 3.00 bits per heavy atom. The molecule has 6 heteroatoms. The van der Waals surface area contributed by atoms with Crippen LogP contribution >= 0.6 is 11.5 Å². The number of carbonyl (C=O) groups excluding carboxylic acids is 1. The number of hydrogen-bond donors (Lipinski definition) is 2. The van der Waals surface area contributed by atoms with Gasteiger partial charge in [-0.05, 0) is 37.2 Å². The molecule has 1 aliphatic carbocycles. The fourth-order valence-electron chi connectivity index (χ4n) is 2.78. The number of nitrogen functional groups attached to an aromatic ring is 1. The smallest absolute Gasteiger partial charge is 0.344 e. The van der Waals surface area contributed by atoms with E-state index in [2.05, 4.69) is 16.6 Å². The molecule has 1 fully saturated rings. The summed E-state index contributed by atoms with van der Waals surface area (Å²) in [5.74, 6) is 0.653. The maximum atomic E-state index is 11.9. The van der Waals surface area contributed by atoms with Gasteiger partial charge in [0.1, 0.15) is 10.6 Å². The fourth-order valence-corrected chi connectivity index (χ4v) is 3.56. The van der Waals surface area contributed by atoms with Gasteiger partial charge < -0.3 is 15.8 Å². The number of aromatic nitrogens is 1. The molecule has 0 amide bonds. The summed E-state index contributed by atoms with van der Waals surface area (Å²) in [6, 6.07) is 0.404. The molecule has 0 spiro atoms. The van der Waals surface area contributed by atoms with Crippen molar-refractivity contribution in [3.8, 4) is 0 Å². The molecular formula is C14H23N3O2S. The third-order valence-corrected chi connectivity index (χ3v) is 4.69. The first-order chi connectivity index (χ1) is 9.65. The van der Waals surface area contributed by atoms with E-state index in [0.29, 0.717) is 18.2 Å². The van der Waals surface area contributed by atoms with Gasteiger partial charge in [-0.3, -0.25) is 0 Å². The van der Waals surface area contributed by atoms with E-state index in [1.165, 1.54) is 30.8 Å². The highest BCUT2D eigenvalue weighted by atomic mass is 32.1. The molecule has 1 aromatic rings. The lowest BCUT2D eigenvalue weighted by Gasteiger charge is -2.29. The van der Waals surface area contributed by atoms with Crippen LogP contribution in [0, 0.1) is 5.92 Å². The summed E-state index contributed by atoms with van der Waals surface area (Å²) < 4.78 is 9.13. The molecule has 5 nitrogen and oxygen atoms in total. The Labute approximate surface area is 124 Å². The van der Waals surface area contributed by atoms with Gasteiger partial charge in [0.15, 0.2) is 5.82 Å². The molecule has 0 aliphatic heterocycles. The van der Waals surface area contributed by atoms with Crippen LogP contribution in [0.15, 0.2) is 0 Å². The lowest BCUT2D eigenvalue weighted by Crippen LogP contribution is -2.27. The van der Waals surface area contributed by atoms with Gasteiger partial charge in [0.05, 0.1) is 6.61 Å². The standard InChI is InChI=1S/C14H23N3O2S/c1-3-9-6-5-7-10(8-9)16-13-11(12(15)17-20-13)14(18)19-4-2/h9-10,16H,3-8H2,1-2H3,(H2,15,17). The van der Waals surface area contributed by atoms with Gasteiger partial charge in [0, 0.05) is 6.04 Å². The topological polar surface area (TPSA) is 77.2 Å². The molecule has 1 aromatic heterocycles. The second-order valence-electron chi connectivity index (χ2n) is 5.27. The zero-order valence-corrected chi connectivity index (χ0v) is 13.0. The molecule has 1 heterocycles. The largest absolute Gasteiger partial charge is 0.462 e. The molecule has 0 bridgehead atoms. The number of nitrogens with two attached hydrogens (primary N) is 1. The summed E-state index contributed by atoms with van der Waals surface area (Å²) in [6.45, 7) is 4.37. The second-order valence-corrected chi connectivity index (χ2v) is 6.05.